The van der Waals surface area contributed by atoms with E-state index in [4.69, 9.17) is 0 Å². The van der Waals surface area contributed by atoms with E-state index in [1.165, 1.54) is 11.8 Å². The molecule has 2 aromatic rings. The third kappa shape index (κ3) is 2.85. The van der Waals surface area contributed by atoms with Gasteiger partial charge in [0.25, 0.3) is 5.91 Å². The van der Waals surface area contributed by atoms with Gasteiger partial charge in [0.1, 0.15) is 0 Å². The molecular weight excluding hydrogens is 250 g/mol. The summed E-state index contributed by atoms with van der Waals surface area (Å²) >= 11 is 0. The zero-order chi connectivity index (χ0) is 13.8. The Morgan fingerprint density at radius 3 is 2.80 bits per heavy atom. The standard InChI is InChI=1S/C16H17N3O/c20-16(15-6-8-17-18-11-15)19-9-7-14(12-19)10-13-4-2-1-3-5-13/h1-6,8,11,14H,7,9-10,12H2. The monoisotopic (exact) mass is 267 g/mol. The normalized spacial score (nSPS) is 18.2. The molecular formula is C16H17N3O. The predicted molar refractivity (Wildman–Crippen MR) is 76.2 cm³/mol. The van der Waals surface area contributed by atoms with Crippen LogP contribution in [0, 0.1) is 5.92 Å². The van der Waals surface area contributed by atoms with Crippen molar-refractivity contribution in [2.75, 3.05) is 13.1 Å². The van der Waals surface area contributed by atoms with E-state index in [-0.39, 0.29) is 5.91 Å². The minimum Gasteiger partial charge on any atom is -0.338 e. The highest BCUT2D eigenvalue weighted by Crippen LogP contribution is 2.22. The summed E-state index contributed by atoms with van der Waals surface area (Å²) in [5, 5.41) is 7.47. The minimum atomic E-state index is 0.0652. The van der Waals surface area contributed by atoms with Crippen molar-refractivity contribution in [2.24, 2.45) is 5.92 Å². The molecule has 0 radical (unpaired) electrons. The molecule has 0 N–H and O–H groups in total. The van der Waals surface area contributed by atoms with Crippen LogP contribution in [0.15, 0.2) is 48.8 Å². The highest BCUT2D eigenvalue weighted by molar-refractivity contribution is 5.93. The van der Waals surface area contributed by atoms with Crippen LogP contribution in [0.2, 0.25) is 0 Å². The van der Waals surface area contributed by atoms with Crippen molar-refractivity contribution in [3.8, 4) is 0 Å². The number of carbonyl (C=O) groups excluding carboxylic acids is 1. The number of rotatable bonds is 3. The Morgan fingerprint density at radius 1 is 1.20 bits per heavy atom. The molecule has 0 aliphatic carbocycles. The number of aromatic nitrogens is 2. The maximum atomic E-state index is 12.3. The molecule has 20 heavy (non-hydrogen) atoms. The fourth-order valence-corrected chi connectivity index (χ4v) is 2.73. The van der Waals surface area contributed by atoms with Crippen LogP contribution in [0.25, 0.3) is 0 Å². The fourth-order valence-electron chi connectivity index (χ4n) is 2.73. The molecule has 1 unspecified atom stereocenters. The molecule has 1 aromatic carbocycles. The van der Waals surface area contributed by atoms with Crippen molar-refractivity contribution < 1.29 is 4.79 Å². The van der Waals surface area contributed by atoms with Crippen LogP contribution >= 0.6 is 0 Å². The number of nitrogens with zero attached hydrogens (tertiary/aromatic N) is 3. The third-order valence-corrected chi connectivity index (χ3v) is 3.77. The molecule has 1 amide bonds. The molecule has 0 saturated carbocycles. The molecule has 1 aliphatic heterocycles. The van der Waals surface area contributed by atoms with Crippen molar-refractivity contribution in [3.63, 3.8) is 0 Å². The van der Waals surface area contributed by atoms with Gasteiger partial charge in [0.2, 0.25) is 0 Å². The largest absolute Gasteiger partial charge is 0.338 e. The number of amides is 1. The van der Waals surface area contributed by atoms with Crippen LogP contribution in [0.3, 0.4) is 0 Å². The second kappa shape index (κ2) is 5.82. The van der Waals surface area contributed by atoms with Crippen LogP contribution in [0.1, 0.15) is 22.3 Å². The molecule has 1 atom stereocenters. The first-order valence-corrected chi connectivity index (χ1v) is 6.93. The molecule has 2 heterocycles. The number of hydrogen-bond donors (Lipinski definition) is 0. The second-order valence-electron chi connectivity index (χ2n) is 5.23. The third-order valence-electron chi connectivity index (χ3n) is 3.77. The van der Waals surface area contributed by atoms with Gasteiger partial charge in [0, 0.05) is 13.1 Å². The fraction of sp³-hybridized carbons (Fsp3) is 0.312. The van der Waals surface area contributed by atoms with E-state index in [2.05, 4.69) is 34.5 Å². The smallest absolute Gasteiger partial charge is 0.255 e. The Labute approximate surface area is 118 Å². The van der Waals surface area contributed by atoms with Crippen LogP contribution in [0.4, 0.5) is 0 Å². The molecule has 1 fully saturated rings. The molecule has 102 valence electrons. The van der Waals surface area contributed by atoms with Gasteiger partial charge in [-0.15, -0.1) is 0 Å². The van der Waals surface area contributed by atoms with Crippen LogP contribution in [-0.2, 0) is 6.42 Å². The van der Waals surface area contributed by atoms with E-state index in [0.717, 1.165) is 25.9 Å². The summed E-state index contributed by atoms with van der Waals surface area (Å²) in [6.07, 6.45) is 5.20. The van der Waals surface area contributed by atoms with Crippen LogP contribution in [-0.4, -0.2) is 34.1 Å². The van der Waals surface area contributed by atoms with Crippen LogP contribution in [0.5, 0.6) is 0 Å². The lowest BCUT2D eigenvalue weighted by molar-refractivity contribution is 0.0786. The molecule has 4 heteroatoms. The highest BCUT2D eigenvalue weighted by Gasteiger charge is 2.27. The van der Waals surface area contributed by atoms with E-state index in [9.17, 15) is 4.79 Å². The number of likely N-dealkylation sites (tertiary alicyclic amines) is 1. The molecule has 4 nitrogen and oxygen atoms in total. The Kier molecular flexibility index (Phi) is 3.72. The number of benzene rings is 1. The van der Waals surface area contributed by atoms with Gasteiger partial charge in [-0.25, -0.2) is 0 Å². The molecule has 1 aromatic heterocycles. The summed E-state index contributed by atoms with van der Waals surface area (Å²) in [4.78, 5) is 14.2. The second-order valence-corrected chi connectivity index (χ2v) is 5.23. The lowest BCUT2D eigenvalue weighted by atomic mass is 9.99. The van der Waals surface area contributed by atoms with Crippen molar-refractivity contribution in [2.45, 2.75) is 12.8 Å². The summed E-state index contributed by atoms with van der Waals surface area (Å²) in [5.74, 6) is 0.617. The predicted octanol–water partition coefficient (Wildman–Crippen LogP) is 2.18. The SMILES string of the molecule is O=C(c1ccnnc1)N1CCC(Cc2ccccc2)C1. The highest BCUT2D eigenvalue weighted by atomic mass is 16.2. The van der Waals surface area contributed by atoms with Crippen molar-refractivity contribution in [1.29, 1.82) is 0 Å². The number of hydrogen-bond acceptors (Lipinski definition) is 3. The summed E-state index contributed by atoms with van der Waals surface area (Å²) < 4.78 is 0. The summed E-state index contributed by atoms with van der Waals surface area (Å²) in [7, 11) is 0. The average molecular weight is 267 g/mol. The topological polar surface area (TPSA) is 46.1 Å². The van der Waals surface area contributed by atoms with Crippen molar-refractivity contribution in [1.82, 2.24) is 15.1 Å². The maximum Gasteiger partial charge on any atom is 0.255 e. The Balaban J connectivity index is 1.61. The quantitative estimate of drug-likeness (QED) is 0.856. The van der Waals surface area contributed by atoms with E-state index < -0.39 is 0 Å². The van der Waals surface area contributed by atoms with Gasteiger partial charge in [0.15, 0.2) is 0 Å². The van der Waals surface area contributed by atoms with Gasteiger partial charge in [-0.1, -0.05) is 30.3 Å². The van der Waals surface area contributed by atoms with Gasteiger partial charge < -0.3 is 4.90 Å². The first-order valence-electron chi connectivity index (χ1n) is 6.93. The van der Waals surface area contributed by atoms with Gasteiger partial charge in [-0.05, 0) is 30.4 Å². The maximum absolute atomic E-state index is 12.3. The minimum absolute atomic E-state index is 0.0652. The van der Waals surface area contributed by atoms with Gasteiger partial charge in [-0.3, -0.25) is 4.79 Å². The Morgan fingerprint density at radius 2 is 2.05 bits per heavy atom. The van der Waals surface area contributed by atoms with Gasteiger partial charge in [0.05, 0.1) is 18.0 Å². The van der Waals surface area contributed by atoms with E-state index in [1.54, 1.807) is 12.3 Å². The van der Waals surface area contributed by atoms with Gasteiger partial charge >= 0.3 is 0 Å². The Bertz CT molecular complexity index is 571. The molecule has 1 aliphatic rings. The van der Waals surface area contributed by atoms with Crippen molar-refractivity contribution >= 4 is 5.91 Å². The lowest BCUT2D eigenvalue weighted by Gasteiger charge is -2.16. The average Bonchev–Trinajstić information content (AvgIpc) is 2.97. The Hall–Kier alpha value is -2.23. The molecule has 1 saturated heterocycles. The number of carbonyl (C=O) groups is 1. The van der Waals surface area contributed by atoms with Gasteiger partial charge in [-0.2, -0.15) is 10.2 Å². The molecule has 0 bridgehead atoms. The van der Waals surface area contributed by atoms with E-state index in [1.807, 2.05) is 11.0 Å². The van der Waals surface area contributed by atoms with E-state index >= 15 is 0 Å². The zero-order valence-corrected chi connectivity index (χ0v) is 11.3. The van der Waals surface area contributed by atoms with Crippen molar-refractivity contribution in [3.05, 3.63) is 59.9 Å². The first kappa shape index (κ1) is 12.8. The summed E-state index contributed by atoms with van der Waals surface area (Å²) in [5.41, 5.74) is 1.97. The summed E-state index contributed by atoms with van der Waals surface area (Å²) in [6.45, 7) is 1.66. The van der Waals surface area contributed by atoms with Crippen LogP contribution < -0.4 is 0 Å². The zero-order valence-electron chi connectivity index (χ0n) is 11.3. The summed E-state index contributed by atoms with van der Waals surface area (Å²) in [6, 6.07) is 12.2. The first-order chi connectivity index (χ1) is 9.83. The van der Waals surface area contributed by atoms with E-state index in [0.29, 0.717) is 11.5 Å². The lowest BCUT2D eigenvalue weighted by Crippen LogP contribution is -2.29. The molecule has 0 spiro atoms. The molecule has 3 rings (SSSR count).